The number of hydrogen-bond donors (Lipinski definition) is 3. The topological polar surface area (TPSA) is 141 Å². The molecule has 2 atom stereocenters. The number of carbonyl (C=O) groups excluding carboxylic acids is 2. The highest BCUT2D eigenvalue weighted by molar-refractivity contribution is 8.00. The van der Waals surface area contributed by atoms with Crippen molar-refractivity contribution in [1.29, 1.82) is 0 Å². The molecular formula is C23H20N4O6S. The summed E-state index contributed by atoms with van der Waals surface area (Å²) in [4.78, 5) is 47.7. The average Bonchev–Trinajstić information content (AvgIpc) is 2.84. The van der Waals surface area contributed by atoms with Crippen LogP contribution in [-0.2, 0) is 19.2 Å². The molecule has 2 aromatic rings. The first-order valence-electron chi connectivity index (χ1n) is 10.1. The standard InChI is InChI=1S/C23H20N4O6S/c1-33-26-17(14-5-2-6-16(28)10-14)20(29)25-18-21(30)27-19(23(31)32)15(12-34-22(18)27)8-7-13-4-3-9-24-11-13/h2-11,18,22,28H,12H2,1H3,(H,25,29)(H,31,32)/t18?,22-/m1/s1. The summed E-state index contributed by atoms with van der Waals surface area (Å²) < 4.78 is 0. The van der Waals surface area contributed by atoms with Gasteiger partial charge in [0.1, 0.15) is 30.0 Å². The molecular weight excluding hydrogens is 460 g/mol. The van der Waals surface area contributed by atoms with Gasteiger partial charge in [0.05, 0.1) is 0 Å². The van der Waals surface area contributed by atoms with Crippen molar-refractivity contribution in [2.75, 3.05) is 12.9 Å². The molecule has 1 saturated heterocycles. The lowest BCUT2D eigenvalue weighted by Gasteiger charge is -2.49. The molecule has 2 aliphatic rings. The Balaban J connectivity index is 1.54. The Morgan fingerprint density at radius 1 is 1.29 bits per heavy atom. The Labute approximate surface area is 198 Å². The largest absolute Gasteiger partial charge is 0.508 e. The van der Waals surface area contributed by atoms with Crippen molar-refractivity contribution < 1.29 is 29.4 Å². The maximum absolute atomic E-state index is 12.9. The number of carbonyl (C=O) groups is 3. The van der Waals surface area contributed by atoms with Crippen molar-refractivity contribution in [2.24, 2.45) is 5.16 Å². The van der Waals surface area contributed by atoms with Gasteiger partial charge in [-0.05, 0) is 29.3 Å². The van der Waals surface area contributed by atoms with Gasteiger partial charge in [-0.15, -0.1) is 11.8 Å². The molecule has 2 amide bonds. The average molecular weight is 481 g/mol. The lowest BCUT2D eigenvalue weighted by atomic mass is 10.0. The second kappa shape index (κ2) is 9.79. The number of thioether (sulfide) groups is 1. The fourth-order valence-corrected chi connectivity index (χ4v) is 4.94. The molecule has 0 saturated carbocycles. The molecule has 34 heavy (non-hydrogen) atoms. The number of aromatic nitrogens is 1. The van der Waals surface area contributed by atoms with Crippen molar-refractivity contribution in [3.8, 4) is 5.75 Å². The van der Waals surface area contributed by atoms with E-state index in [1.54, 1.807) is 42.7 Å². The van der Waals surface area contributed by atoms with Crippen molar-refractivity contribution in [1.82, 2.24) is 15.2 Å². The summed E-state index contributed by atoms with van der Waals surface area (Å²) in [5, 5.41) is 25.3. The first-order valence-corrected chi connectivity index (χ1v) is 11.2. The summed E-state index contributed by atoms with van der Waals surface area (Å²) in [5.74, 6) is -2.18. The van der Waals surface area contributed by atoms with Gasteiger partial charge in [-0.2, -0.15) is 0 Å². The van der Waals surface area contributed by atoms with Crippen LogP contribution < -0.4 is 5.32 Å². The molecule has 1 aromatic carbocycles. The zero-order valence-corrected chi connectivity index (χ0v) is 18.7. The molecule has 3 N–H and O–H groups in total. The highest BCUT2D eigenvalue weighted by atomic mass is 32.2. The van der Waals surface area contributed by atoms with Crippen LogP contribution in [0.1, 0.15) is 11.1 Å². The van der Waals surface area contributed by atoms with Crippen LogP contribution in [-0.4, -0.2) is 67.9 Å². The third-order valence-electron chi connectivity index (χ3n) is 5.17. The van der Waals surface area contributed by atoms with Gasteiger partial charge < -0.3 is 20.4 Å². The number of hydrogen-bond acceptors (Lipinski definition) is 8. The third-order valence-corrected chi connectivity index (χ3v) is 6.47. The van der Waals surface area contributed by atoms with Gasteiger partial charge in [0.25, 0.3) is 11.8 Å². The third kappa shape index (κ3) is 4.50. The number of phenolic OH excluding ortho intramolecular Hbond substituents is 1. The van der Waals surface area contributed by atoms with Crippen LogP contribution in [0.25, 0.3) is 6.08 Å². The highest BCUT2D eigenvalue weighted by Crippen LogP contribution is 2.40. The van der Waals surface area contributed by atoms with E-state index in [9.17, 15) is 24.6 Å². The number of rotatable bonds is 7. The van der Waals surface area contributed by atoms with Crippen LogP contribution >= 0.6 is 11.8 Å². The predicted octanol–water partition coefficient (Wildman–Crippen LogP) is 1.59. The smallest absolute Gasteiger partial charge is 0.352 e. The highest BCUT2D eigenvalue weighted by Gasteiger charge is 2.54. The first-order chi connectivity index (χ1) is 16.4. The summed E-state index contributed by atoms with van der Waals surface area (Å²) in [6, 6.07) is 8.55. The minimum Gasteiger partial charge on any atom is -0.508 e. The number of nitrogens with one attached hydrogen (secondary N) is 1. The number of aromatic hydroxyl groups is 1. The second-order valence-electron chi connectivity index (χ2n) is 7.33. The van der Waals surface area contributed by atoms with Crippen LogP contribution in [0.2, 0.25) is 0 Å². The number of amides is 2. The SMILES string of the molecule is CON=C(C(=O)NC1C(=O)N2C(C(=O)O)=C(C=Cc3cccnc3)CS[C@H]12)c1cccc(O)c1. The van der Waals surface area contributed by atoms with E-state index in [4.69, 9.17) is 4.84 Å². The van der Waals surface area contributed by atoms with Gasteiger partial charge in [0.15, 0.2) is 5.71 Å². The van der Waals surface area contributed by atoms with E-state index in [-0.39, 0.29) is 17.2 Å². The number of allylic oxidation sites excluding steroid dienone is 1. The van der Waals surface area contributed by atoms with Crippen LogP contribution in [0, 0.1) is 0 Å². The maximum atomic E-state index is 12.9. The number of nitrogens with zero attached hydrogens (tertiary/aromatic N) is 3. The van der Waals surface area contributed by atoms with Crippen LogP contribution in [0.3, 0.4) is 0 Å². The molecule has 1 unspecified atom stereocenters. The molecule has 174 valence electrons. The van der Waals surface area contributed by atoms with E-state index in [0.29, 0.717) is 16.9 Å². The van der Waals surface area contributed by atoms with Crippen molar-refractivity contribution >= 4 is 41.3 Å². The second-order valence-corrected chi connectivity index (χ2v) is 8.44. The summed E-state index contributed by atoms with van der Waals surface area (Å²) in [6.07, 6.45) is 6.67. The van der Waals surface area contributed by atoms with Gasteiger partial charge in [-0.25, -0.2) is 4.79 Å². The van der Waals surface area contributed by atoms with E-state index < -0.39 is 29.2 Å². The number of β-lactam (4-membered cyclic amide) rings is 1. The number of aliphatic carboxylic acids is 1. The molecule has 3 heterocycles. The molecule has 11 heteroatoms. The van der Waals surface area contributed by atoms with Crippen LogP contribution in [0.5, 0.6) is 5.75 Å². The van der Waals surface area contributed by atoms with Gasteiger partial charge in [0.2, 0.25) is 0 Å². The maximum Gasteiger partial charge on any atom is 0.352 e. The number of pyridine rings is 1. The Morgan fingerprint density at radius 3 is 2.79 bits per heavy atom. The van der Waals surface area contributed by atoms with Crippen molar-refractivity contribution in [3.63, 3.8) is 0 Å². The minimum atomic E-state index is -1.23. The molecule has 0 spiro atoms. The van der Waals surface area contributed by atoms with Crippen LogP contribution in [0.15, 0.2) is 71.3 Å². The molecule has 0 aliphatic carbocycles. The quantitative estimate of drug-likeness (QED) is 0.308. The molecule has 2 aliphatic heterocycles. The molecule has 4 rings (SSSR count). The Bertz CT molecular complexity index is 1230. The van der Waals surface area contributed by atoms with E-state index in [2.05, 4.69) is 15.5 Å². The lowest BCUT2D eigenvalue weighted by molar-refractivity contribution is -0.150. The van der Waals surface area contributed by atoms with Crippen molar-refractivity contribution in [2.45, 2.75) is 11.4 Å². The number of carboxylic acids is 1. The summed E-state index contributed by atoms with van der Waals surface area (Å²) in [5.41, 5.74) is 1.34. The van der Waals surface area contributed by atoms with E-state index in [0.717, 1.165) is 5.56 Å². The molecule has 1 fully saturated rings. The molecule has 10 nitrogen and oxygen atoms in total. The fourth-order valence-electron chi connectivity index (χ4n) is 3.62. The van der Waals surface area contributed by atoms with Gasteiger partial charge >= 0.3 is 5.97 Å². The predicted molar refractivity (Wildman–Crippen MR) is 125 cm³/mol. The Morgan fingerprint density at radius 2 is 2.12 bits per heavy atom. The minimum absolute atomic E-state index is 0.0639. The number of carboxylic acid groups (broad SMARTS) is 1. The normalized spacial score (nSPS) is 20.1. The summed E-state index contributed by atoms with van der Waals surface area (Å²) in [7, 11) is 1.27. The van der Waals surface area contributed by atoms with Crippen molar-refractivity contribution in [3.05, 3.63) is 77.3 Å². The Kier molecular flexibility index (Phi) is 6.64. The zero-order chi connectivity index (χ0) is 24.2. The number of oxime groups is 1. The van der Waals surface area contributed by atoms with Crippen LogP contribution in [0.4, 0.5) is 0 Å². The molecule has 0 bridgehead atoms. The Hall–Kier alpha value is -4.12. The number of benzene rings is 1. The monoisotopic (exact) mass is 480 g/mol. The number of phenols is 1. The zero-order valence-electron chi connectivity index (χ0n) is 17.9. The van der Waals surface area contributed by atoms with E-state index in [1.807, 2.05) is 6.07 Å². The van der Waals surface area contributed by atoms with E-state index >= 15 is 0 Å². The fraction of sp³-hybridized carbons (Fsp3) is 0.174. The van der Waals surface area contributed by atoms with E-state index in [1.165, 1.54) is 35.9 Å². The van der Waals surface area contributed by atoms with Gasteiger partial charge in [0, 0.05) is 23.7 Å². The summed E-state index contributed by atoms with van der Waals surface area (Å²) in [6.45, 7) is 0. The number of fused-ring (bicyclic) bond motifs is 1. The van der Waals surface area contributed by atoms with Gasteiger partial charge in [-0.3, -0.25) is 19.5 Å². The lowest BCUT2D eigenvalue weighted by Crippen LogP contribution is -2.71. The van der Waals surface area contributed by atoms with Gasteiger partial charge in [-0.1, -0.05) is 35.5 Å². The molecule has 0 radical (unpaired) electrons. The molecule has 1 aromatic heterocycles. The first kappa shape index (κ1) is 23.1. The summed E-state index contributed by atoms with van der Waals surface area (Å²) >= 11 is 1.35.